The van der Waals surface area contributed by atoms with Gasteiger partial charge in [-0.25, -0.2) is 0 Å². The number of carbonyl (C=O) groups excluding carboxylic acids is 1. The summed E-state index contributed by atoms with van der Waals surface area (Å²) < 4.78 is 0. The summed E-state index contributed by atoms with van der Waals surface area (Å²) in [6, 6.07) is 31.4. The van der Waals surface area contributed by atoms with Crippen molar-refractivity contribution in [2.75, 3.05) is 39.3 Å². The Morgan fingerprint density at radius 1 is 0.742 bits per heavy atom. The maximum absolute atomic E-state index is 12.2. The summed E-state index contributed by atoms with van der Waals surface area (Å²) in [5, 5.41) is 3.03. The van der Waals surface area contributed by atoms with Gasteiger partial charge in [-0.1, -0.05) is 78.9 Å². The van der Waals surface area contributed by atoms with Crippen LogP contribution in [0.4, 0.5) is 0 Å². The number of piperazine rings is 1. The van der Waals surface area contributed by atoms with E-state index in [1.807, 2.05) is 30.3 Å². The van der Waals surface area contributed by atoms with Crippen LogP contribution in [0.25, 0.3) is 0 Å². The average Bonchev–Trinajstić information content (AvgIpc) is 2.85. The van der Waals surface area contributed by atoms with E-state index in [4.69, 9.17) is 0 Å². The lowest BCUT2D eigenvalue weighted by molar-refractivity contribution is 0.0941. The van der Waals surface area contributed by atoms with Gasteiger partial charge >= 0.3 is 0 Å². The van der Waals surface area contributed by atoms with Gasteiger partial charge in [0, 0.05) is 38.3 Å². The van der Waals surface area contributed by atoms with Crippen LogP contribution < -0.4 is 5.32 Å². The molecule has 0 atom stereocenters. The van der Waals surface area contributed by atoms with Gasteiger partial charge < -0.3 is 10.2 Å². The standard InChI is InChI=1S/C27H31N3O/c31-27(25-15-8-3-9-16-25)28-17-10-18-29-19-21-30(22-20-29)26(23-11-4-1-5-12-23)24-13-6-2-7-14-24/h1-9,11-16,26H,10,17-22H2,(H,28,31). The highest BCUT2D eigenvalue weighted by molar-refractivity contribution is 5.94. The van der Waals surface area contributed by atoms with Crippen molar-refractivity contribution in [2.24, 2.45) is 0 Å². The van der Waals surface area contributed by atoms with E-state index in [2.05, 4.69) is 75.8 Å². The zero-order valence-electron chi connectivity index (χ0n) is 18.0. The lowest BCUT2D eigenvalue weighted by atomic mass is 9.96. The SMILES string of the molecule is O=C(NCCCN1CCN(C(c2ccccc2)c2ccccc2)CC1)c1ccccc1. The molecule has 1 heterocycles. The first-order chi connectivity index (χ1) is 15.3. The van der Waals surface area contributed by atoms with Crippen LogP contribution in [0, 0.1) is 0 Å². The fraction of sp³-hybridized carbons (Fsp3) is 0.296. The van der Waals surface area contributed by atoms with Crippen LogP contribution in [-0.4, -0.2) is 55.0 Å². The van der Waals surface area contributed by atoms with Crippen molar-refractivity contribution in [2.45, 2.75) is 12.5 Å². The van der Waals surface area contributed by atoms with Crippen LogP contribution in [0.5, 0.6) is 0 Å². The Kier molecular flexibility index (Phi) is 7.48. The molecule has 1 aliphatic rings. The van der Waals surface area contributed by atoms with Gasteiger partial charge in [0.2, 0.25) is 0 Å². The summed E-state index contributed by atoms with van der Waals surface area (Å²) in [7, 11) is 0. The zero-order valence-corrected chi connectivity index (χ0v) is 18.0. The van der Waals surface area contributed by atoms with E-state index < -0.39 is 0 Å². The molecule has 3 aromatic rings. The van der Waals surface area contributed by atoms with Crippen molar-refractivity contribution in [1.29, 1.82) is 0 Å². The largest absolute Gasteiger partial charge is 0.352 e. The number of carbonyl (C=O) groups is 1. The monoisotopic (exact) mass is 413 g/mol. The molecule has 4 heteroatoms. The predicted octanol–water partition coefficient (Wildman–Crippen LogP) is 4.21. The highest BCUT2D eigenvalue weighted by Gasteiger charge is 2.26. The van der Waals surface area contributed by atoms with Crippen molar-refractivity contribution in [3.63, 3.8) is 0 Å². The minimum atomic E-state index is 0.0129. The fourth-order valence-corrected chi connectivity index (χ4v) is 4.33. The maximum atomic E-state index is 12.2. The smallest absolute Gasteiger partial charge is 0.251 e. The number of nitrogens with zero attached hydrogens (tertiary/aromatic N) is 2. The molecule has 160 valence electrons. The van der Waals surface area contributed by atoms with Gasteiger partial charge in [-0.15, -0.1) is 0 Å². The Bertz CT molecular complexity index is 883. The zero-order chi connectivity index (χ0) is 21.3. The van der Waals surface area contributed by atoms with Gasteiger partial charge in [0.15, 0.2) is 0 Å². The Morgan fingerprint density at radius 2 is 1.26 bits per heavy atom. The van der Waals surface area contributed by atoms with E-state index >= 15 is 0 Å². The lowest BCUT2D eigenvalue weighted by Crippen LogP contribution is -2.48. The van der Waals surface area contributed by atoms with E-state index in [1.54, 1.807) is 0 Å². The molecule has 1 fully saturated rings. The topological polar surface area (TPSA) is 35.6 Å². The second-order valence-electron chi connectivity index (χ2n) is 8.08. The van der Waals surface area contributed by atoms with Crippen LogP contribution in [0.2, 0.25) is 0 Å². The molecule has 1 aliphatic heterocycles. The molecular weight excluding hydrogens is 382 g/mol. The molecule has 1 amide bonds. The number of hydrogen-bond acceptors (Lipinski definition) is 3. The van der Waals surface area contributed by atoms with Crippen LogP contribution in [0.15, 0.2) is 91.0 Å². The minimum absolute atomic E-state index is 0.0129. The van der Waals surface area contributed by atoms with Crippen molar-refractivity contribution < 1.29 is 4.79 Å². The van der Waals surface area contributed by atoms with Gasteiger partial charge in [-0.05, 0) is 36.2 Å². The number of benzene rings is 3. The van der Waals surface area contributed by atoms with Crippen molar-refractivity contribution >= 4 is 5.91 Å². The average molecular weight is 414 g/mol. The van der Waals surface area contributed by atoms with E-state index in [0.29, 0.717) is 12.6 Å². The summed E-state index contributed by atoms with van der Waals surface area (Å²) >= 11 is 0. The van der Waals surface area contributed by atoms with Gasteiger partial charge in [-0.2, -0.15) is 0 Å². The van der Waals surface area contributed by atoms with E-state index in [0.717, 1.165) is 44.7 Å². The number of amides is 1. The molecule has 1 N–H and O–H groups in total. The molecule has 0 aliphatic carbocycles. The highest BCUT2D eigenvalue weighted by atomic mass is 16.1. The quantitative estimate of drug-likeness (QED) is 0.562. The molecule has 0 aromatic heterocycles. The molecular formula is C27H31N3O. The Hall–Kier alpha value is -2.95. The molecule has 31 heavy (non-hydrogen) atoms. The van der Waals surface area contributed by atoms with Gasteiger partial charge in [-0.3, -0.25) is 9.69 Å². The molecule has 4 nitrogen and oxygen atoms in total. The van der Waals surface area contributed by atoms with Crippen LogP contribution in [-0.2, 0) is 0 Å². The van der Waals surface area contributed by atoms with E-state index in [9.17, 15) is 4.79 Å². The first kappa shape index (κ1) is 21.3. The molecule has 4 rings (SSSR count). The Labute approximate surface area is 185 Å². The minimum Gasteiger partial charge on any atom is -0.352 e. The Morgan fingerprint density at radius 3 is 1.81 bits per heavy atom. The second kappa shape index (κ2) is 10.9. The van der Waals surface area contributed by atoms with Gasteiger partial charge in [0.1, 0.15) is 0 Å². The summed E-state index contributed by atoms with van der Waals surface area (Å²) in [6.07, 6.45) is 0.972. The van der Waals surface area contributed by atoms with Crippen molar-refractivity contribution in [1.82, 2.24) is 15.1 Å². The highest BCUT2D eigenvalue weighted by Crippen LogP contribution is 2.29. The number of nitrogens with one attached hydrogen (secondary N) is 1. The number of rotatable bonds is 8. The summed E-state index contributed by atoms with van der Waals surface area (Å²) in [5.41, 5.74) is 3.43. The summed E-state index contributed by atoms with van der Waals surface area (Å²) in [6.45, 7) is 5.94. The third-order valence-electron chi connectivity index (χ3n) is 5.98. The molecule has 0 unspecified atom stereocenters. The fourth-order valence-electron chi connectivity index (χ4n) is 4.33. The Balaban J connectivity index is 1.27. The van der Waals surface area contributed by atoms with Gasteiger partial charge in [0.25, 0.3) is 5.91 Å². The van der Waals surface area contributed by atoms with E-state index in [1.165, 1.54) is 11.1 Å². The third kappa shape index (κ3) is 5.81. The van der Waals surface area contributed by atoms with Crippen LogP contribution in [0.1, 0.15) is 33.9 Å². The van der Waals surface area contributed by atoms with Crippen LogP contribution >= 0.6 is 0 Å². The molecule has 3 aromatic carbocycles. The molecule has 0 spiro atoms. The van der Waals surface area contributed by atoms with Crippen molar-refractivity contribution in [3.05, 3.63) is 108 Å². The normalized spacial score (nSPS) is 15.1. The third-order valence-corrected chi connectivity index (χ3v) is 5.98. The van der Waals surface area contributed by atoms with Gasteiger partial charge in [0.05, 0.1) is 6.04 Å². The lowest BCUT2D eigenvalue weighted by Gasteiger charge is -2.39. The predicted molar refractivity (Wildman–Crippen MR) is 126 cm³/mol. The molecule has 0 saturated carbocycles. The first-order valence-electron chi connectivity index (χ1n) is 11.2. The molecule has 1 saturated heterocycles. The second-order valence-corrected chi connectivity index (χ2v) is 8.08. The molecule has 0 radical (unpaired) electrons. The van der Waals surface area contributed by atoms with Crippen molar-refractivity contribution in [3.8, 4) is 0 Å². The summed E-state index contributed by atoms with van der Waals surface area (Å²) in [4.78, 5) is 17.3. The van der Waals surface area contributed by atoms with E-state index in [-0.39, 0.29) is 5.91 Å². The summed E-state index contributed by atoms with van der Waals surface area (Å²) in [5.74, 6) is 0.0129. The molecule has 0 bridgehead atoms. The first-order valence-corrected chi connectivity index (χ1v) is 11.2. The number of hydrogen-bond donors (Lipinski definition) is 1. The maximum Gasteiger partial charge on any atom is 0.251 e. The van der Waals surface area contributed by atoms with Crippen LogP contribution in [0.3, 0.4) is 0 Å².